The van der Waals surface area contributed by atoms with Gasteiger partial charge in [0.25, 0.3) is 5.56 Å². The molecule has 2 atom stereocenters. The van der Waals surface area contributed by atoms with Gasteiger partial charge in [-0.1, -0.05) is 36.4 Å². The number of aromatic nitrogens is 3. The molecule has 10 heteroatoms. The quantitative estimate of drug-likeness (QED) is 0.335. The maximum absolute atomic E-state index is 13.2. The lowest BCUT2D eigenvalue weighted by Crippen LogP contribution is -2.53. The lowest BCUT2D eigenvalue weighted by atomic mass is 10.0. The standard InChI is InChI=1S/C29H31N7O3/c1-34-27(37)14-26(36(29(34)39)17-20-8-3-2-7-19(20)15-30)35-12-6-9-22(18-35)33-28(38)24(31)13-21-16-32-25-11-5-4-10-23(21)25/h2-5,7-8,10-11,14,16,22,24,32H,6,9,12-13,17-18,31H2,1H3,(H,33,38). The number of nitrogens with two attached hydrogens (primary N) is 1. The van der Waals surface area contributed by atoms with E-state index >= 15 is 0 Å². The van der Waals surface area contributed by atoms with Gasteiger partial charge in [0.15, 0.2) is 0 Å². The summed E-state index contributed by atoms with van der Waals surface area (Å²) in [5.41, 5.74) is 8.57. The van der Waals surface area contributed by atoms with Crippen molar-refractivity contribution in [1.29, 1.82) is 5.26 Å². The first-order chi connectivity index (χ1) is 18.9. The van der Waals surface area contributed by atoms with Crippen molar-refractivity contribution in [3.8, 4) is 6.07 Å². The fraction of sp³-hybridized carbons (Fsp3) is 0.310. The Bertz CT molecular complexity index is 1680. The van der Waals surface area contributed by atoms with Crippen molar-refractivity contribution >= 4 is 22.6 Å². The number of piperidine rings is 1. The van der Waals surface area contributed by atoms with Crippen molar-refractivity contribution in [2.45, 2.75) is 37.9 Å². The second-order valence-electron chi connectivity index (χ2n) is 10.0. The molecule has 2 aromatic carbocycles. The molecule has 1 aliphatic rings. The topological polar surface area (TPSA) is 142 Å². The first-order valence-corrected chi connectivity index (χ1v) is 13.0. The largest absolute Gasteiger partial charge is 0.361 e. The maximum Gasteiger partial charge on any atom is 0.332 e. The van der Waals surface area contributed by atoms with Crippen LogP contribution in [0.1, 0.15) is 29.5 Å². The monoisotopic (exact) mass is 525 g/mol. The van der Waals surface area contributed by atoms with Gasteiger partial charge in [0.05, 0.1) is 24.2 Å². The number of hydrogen-bond donors (Lipinski definition) is 3. The Morgan fingerprint density at radius 1 is 1.18 bits per heavy atom. The van der Waals surface area contributed by atoms with E-state index in [0.717, 1.165) is 33.9 Å². The van der Waals surface area contributed by atoms with Crippen LogP contribution in [0.25, 0.3) is 10.9 Å². The average Bonchev–Trinajstić information content (AvgIpc) is 3.36. The Labute approximate surface area is 225 Å². The molecule has 2 aromatic heterocycles. The molecule has 2 unspecified atom stereocenters. The third-order valence-electron chi connectivity index (χ3n) is 7.39. The first kappa shape index (κ1) is 26.0. The number of aromatic amines is 1. The van der Waals surface area contributed by atoms with Gasteiger partial charge in [-0.25, -0.2) is 4.79 Å². The number of nitrogens with zero attached hydrogens (tertiary/aromatic N) is 4. The molecule has 5 rings (SSSR count). The van der Waals surface area contributed by atoms with Crippen molar-refractivity contribution in [2.24, 2.45) is 12.8 Å². The molecular weight excluding hydrogens is 494 g/mol. The van der Waals surface area contributed by atoms with Gasteiger partial charge in [0.2, 0.25) is 5.91 Å². The molecule has 10 nitrogen and oxygen atoms in total. The number of H-pyrrole nitrogens is 1. The number of para-hydroxylation sites is 1. The van der Waals surface area contributed by atoms with Crippen LogP contribution in [0.15, 0.2) is 70.4 Å². The minimum absolute atomic E-state index is 0.148. The lowest BCUT2D eigenvalue weighted by Gasteiger charge is -2.36. The van der Waals surface area contributed by atoms with Gasteiger partial charge < -0.3 is 20.9 Å². The lowest BCUT2D eigenvalue weighted by molar-refractivity contribution is -0.123. The number of carbonyl (C=O) groups is 1. The van der Waals surface area contributed by atoms with Crippen molar-refractivity contribution in [3.05, 3.63) is 98.3 Å². The Kier molecular flexibility index (Phi) is 7.34. The predicted molar refractivity (Wildman–Crippen MR) is 150 cm³/mol. The van der Waals surface area contributed by atoms with Crippen LogP contribution < -0.4 is 27.2 Å². The molecule has 1 aliphatic heterocycles. The Morgan fingerprint density at radius 3 is 2.77 bits per heavy atom. The summed E-state index contributed by atoms with van der Waals surface area (Å²) < 4.78 is 2.58. The molecule has 4 N–H and O–H groups in total. The number of fused-ring (bicyclic) bond motifs is 1. The number of rotatable bonds is 7. The zero-order chi connectivity index (χ0) is 27.5. The van der Waals surface area contributed by atoms with E-state index in [1.165, 1.54) is 17.7 Å². The van der Waals surface area contributed by atoms with Crippen molar-refractivity contribution < 1.29 is 4.79 Å². The highest BCUT2D eigenvalue weighted by atomic mass is 16.2. The van der Waals surface area contributed by atoms with Gasteiger partial charge in [-0.2, -0.15) is 5.26 Å². The molecule has 1 amide bonds. The number of benzene rings is 2. The van der Waals surface area contributed by atoms with E-state index in [9.17, 15) is 19.6 Å². The number of nitriles is 1. The molecule has 0 saturated carbocycles. The predicted octanol–water partition coefficient (Wildman–Crippen LogP) is 1.60. The summed E-state index contributed by atoms with van der Waals surface area (Å²) in [6, 6.07) is 17.7. The molecule has 200 valence electrons. The van der Waals surface area contributed by atoms with Crippen molar-refractivity contribution in [1.82, 2.24) is 19.4 Å². The molecule has 0 radical (unpaired) electrons. The van der Waals surface area contributed by atoms with Gasteiger partial charge in [0, 0.05) is 49.3 Å². The van der Waals surface area contributed by atoms with E-state index < -0.39 is 17.3 Å². The van der Waals surface area contributed by atoms with E-state index in [4.69, 9.17) is 5.73 Å². The highest BCUT2D eigenvalue weighted by Gasteiger charge is 2.27. The zero-order valence-electron chi connectivity index (χ0n) is 21.8. The molecule has 39 heavy (non-hydrogen) atoms. The van der Waals surface area contributed by atoms with Crippen LogP contribution >= 0.6 is 0 Å². The third-order valence-corrected chi connectivity index (χ3v) is 7.39. The summed E-state index contributed by atoms with van der Waals surface area (Å²) >= 11 is 0. The summed E-state index contributed by atoms with van der Waals surface area (Å²) in [6.45, 7) is 1.20. The van der Waals surface area contributed by atoms with Crippen LogP contribution in [0.2, 0.25) is 0 Å². The van der Waals surface area contributed by atoms with Crippen LogP contribution in [0, 0.1) is 11.3 Å². The Balaban J connectivity index is 1.34. The minimum atomic E-state index is -0.718. The maximum atomic E-state index is 13.2. The first-order valence-electron chi connectivity index (χ1n) is 13.0. The zero-order valence-corrected chi connectivity index (χ0v) is 21.8. The fourth-order valence-electron chi connectivity index (χ4n) is 5.25. The summed E-state index contributed by atoms with van der Waals surface area (Å²) in [5.74, 6) is 0.231. The highest BCUT2D eigenvalue weighted by Crippen LogP contribution is 2.21. The molecule has 0 spiro atoms. The van der Waals surface area contributed by atoms with Crippen LogP contribution in [-0.2, 0) is 24.8 Å². The normalized spacial score (nSPS) is 16.1. The number of carbonyl (C=O) groups excluding carboxylic acids is 1. The van der Waals surface area contributed by atoms with Crippen LogP contribution in [0.3, 0.4) is 0 Å². The van der Waals surface area contributed by atoms with Crippen LogP contribution in [0.4, 0.5) is 5.82 Å². The SMILES string of the molecule is Cn1c(=O)cc(N2CCCC(NC(=O)C(N)Cc3c[nH]c4ccccc34)C2)n(Cc2ccccc2C#N)c1=O. The summed E-state index contributed by atoms with van der Waals surface area (Å²) in [5, 5.41) is 13.6. The van der Waals surface area contributed by atoms with E-state index in [1.807, 2.05) is 41.4 Å². The second-order valence-corrected chi connectivity index (χ2v) is 10.0. The molecule has 0 aliphatic carbocycles. The van der Waals surface area contributed by atoms with Gasteiger partial charge in [-0.3, -0.25) is 18.7 Å². The number of anilines is 1. The molecule has 0 bridgehead atoms. The van der Waals surface area contributed by atoms with Crippen LogP contribution in [-0.4, -0.2) is 45.2 Å². The van der Waals surface area contributed by atoms with E-state index in [0.29, 0.717) is 36.5 Å². The van der Waals surface area contributed by atoms with Gasteiger partial charge in [-0.05, 0) is 42.5 Å². The number of hydrogen-bond acceptors (Lipinski definition) is 6. The van der Waals surface area contributed by atoms with Crippen molar-refractivity contribution in [2.75, 3.05) is 18.0 Å². The summed E-state index contributed by atoms with van der Waals surface area (Å²) in [7, 11) is 1.44. The second kappa shape index (κ2) is 11.0. The summed E-state index contributed by atoms with van der Waals surface area (Å²) in [4.78, 5) is 44.0. The van der Waals surface area contributed by atoms with E-state index in [2.05, 4.69) is 16.4 Å². The van der Waals surface area contributed by atoms with Crippen molar-refractivity contribution in [3.63, 3.8) is 0 Å². The minimum Gasteiger partial charge on any atom is -0.361 e. The molecule has 1 fully saturated rings. The third kappa shape index (κ3) is 5.35. The van der Waals surface area contributed by atoms with Gasteiger partial charge in [0.1, 0.15) is 5.82 Å². The number of amides is 1. The molecular formula is C29H31N7O3. The van der Waals surface area contributed by atoms with E-state index in [1.54, 1.807) is 18.2 Å². The van der Waals surface area contributed by atoms with Gasteiger partial charge in [-0.15, -0.1) is 0 Å². The fourth-order valence-corrected chi connectivity index (χ4v) is 5.25. The molecule has 1 saturated heterocycles. The highest BCUT2D eigenvalue weighted by molar-refractivity contribution is 5.86. The summed E-state index contributed by atoms with van der Waals surface area (Å²) in [6.07, 6.45) is 3.81. The molecule has 4 aromatic rings. The molecule has 3 heterocycles. The smallest absolute Gasteiger partial charge is 0.332 e. The van der Waals surface area contributed by atoms with Crippen LogP contribution in [0.5, 0.6) is 0 Å². The van der Waals surface area contributed by atoms with Gasteiger partial charge >= 0.3 is 5.69 Å². The Morgan fingerprint density at radius 2 is 1.95 bits per heavy atom. The number of nitrogens with one attached hydrogen (secondary N) is 2. The average molecular weight is 526 g/mol. The Hall–Kier alpha value is -4.62. The van der Waals surface area contributed by atoms with E-state index in [-0.39, 0.29) is 18.5 Å².